The number of carbonyl (C=O) groups is 3. The van der Waals surface area contributed by atoms with Gasteiger partial charge in [-0.2, -0.15) is 0 Å². The van der Waals surface area contributed by atoms with E-state index >= 15 is 0 Å². The number of thioether (sulfide) groups is 1. The number of thiophene rings is 1. The van der Waals surface area contributed by atoms with Gasteiger partial charge in [0.25, 0.3) is 0 Å². The molecule has 0 spiro atoms. The minimum absolute atomic E-state index is 0.157. The first-order valence-electron chi connectivity index (χ1n) is 10.5. The van der Waals surface area contributed by atoms with Crippen molar-refractivity contribution < 1.29 is 29.0 Å². The number of benzene rings is 2. The van der Waals surface area contributed by atoms with E-state index in [1.54, 1.807) is 43.5 Å². The lowest BCUT2D eigenvalue weighted by Gasteiger charge is -2.09. The van der Waals surface area contributed by atoms with Gasteiger partial charge in [-0.25, -0.2) is 4.79 Å². The zero-order valence-electron chi connectivity index (χ0n) is 19.0. The van der Waals surface area contributed by atoms with Crippen LogP contribution in [0.2, 0.25) is 0 Å². The van der Waals surface area contributed by atoms with Crippen molar-refractivity contribution >= 4 is 45.8 Å². The van der Waals surface area contributed by atoms with Crippen LogP contribution in [-0.4, -0.2) is 42.2 Å². The number of rotatable bonds is 11. The molecule has 7 nitrogen and oxygen atoms in total. The first kappa shape index (κ1) is 25.3. The van der Waals surface area contributed by atoms with Gasteiger partial charge in [-0.05, 0) is 67.4 Å². The topological polar surface area (TPSA) is 102 Å². The monoisotopic (exact) mass is 499 g/mol. The molecule has 1 heterocycles. The summed E-state index contributed by atoms with van der Waals surface area (Å²) in [4.78, 5) is 38.3. The van der Waals surface area contributed by atoms with E-state index in [1.807, 2.05) is 26.0 Å². The van der Waals surface area contributed by atoms with Crippen molar-refractivity contribution in [2.75, 3.05) is 24.8 Å². The molecule has 178 valence electrons. The molecule has 0 saturated heterocycles. The number of nitrogens with one attached hydrogen (secondary N) is 1. The molecule has 0 radical (unpaired) electrons. The van der Waals surface area contributed by atoms with Crippen LogP contribution in [0.25, 0.3) is 0 Å². The summed E-state index contributed by atoms with van der Waals surface area (Å²) in [6, 6.07) is 14.0. The Balaban J connectivity index is 1.66. The van der Waals surface area contributed by atoms with Crippen LogP contribution in [0.4, 0.5) is 5.00 Å². The lowest BCUT2D eigenvalue weighted by atomic mass is 10.0. The lowest BCUT2D eigenvalue weighted by molar-refractivity contribution is -0.139. The highest BCUT2D eigenvalue weighted by Crippen LogP contribution is 2.32. The normalized spacial score (nSPS) is 10.6. The number of ether oxygens (including phenoxy) is 2. The smallest absolute Gasteiger partial charge is 0.341 e. The van der Waals surface area contributed by atoms with Crippen LogP contribution in [0.3, 0.4) is 0 Å². The van der Waals surface area contributed by atoms with Gasteiger partial charge in [0, 0.05) is 15.3 Å². The van der Waals surface area contributed by atoms with E-state index in [0.717, 1.165) is 21.8 Å². The maximum Gasteiger partial charge on any atom is 0.341 e. The zero-order chi connectivity index (χ0) is 24.7. The third-order valence-corrected chi connectivity index (χ3v) is 7.04. The zero-order valence-corrected chi connectivity index (χ0v) is 20.7. The number of aliphatic carboxylic acids is 1. The van der Waals surface area contributed by atoms with Crippen molar-refractivity contribution in [3.63, 3.8) is 0 Å². The van der Waals surface area contributed by atoms with E-state index < -0.39 is 12.6 Å². The minimum Gasteiger partial charge on any atom is -0.497 e. The summed E-state index contributed by atoms with van der Waals surface area (Å²) < 4.78 is 10.4. The van der Waals surface area contributed by atoms with Gasteiger partial charge in [0.15, 0.2) is 12.4 Å². The van der Waals surface area contributed by atoms with Crippen LogP contribution in [0, 0.1) is 6.92 Å². The van der Waals surface area contributed by atoms with E-state index in [-0.39, 0.29) is 17.4 Å². The SMILES string of the molecule is CCc1cc(C(=O)c2ccc(OC)cc2)c(NC(=O)CSc2ccc(OCC(=O)O)c(C)c2)s1. The largest absolute Gasteiger partial charge is 0.497 e. The average molecular weight is 500 g/mol. The molecule has 0 unspecified atom stereocenters. The number of hydrogen-bond acceptors (Lipinski definition) is 7. The quantitative estimate of drug-likeness (QED) is 0.281. The molecule has 2 N–H and O–H groups in total. The molecule has 3 aromatic rings. The molecule has 3 rings (SSSR count). The highest BCUT2D eigenvalue weighted by Gasteiger charge is 2.19. The van der Waals surface area contributed by atoms with E-state index in [2.05, 4.69) is 5.32 Å². The number of amides is 1. The molecular formula is C25H25NO6S2. The third kappa shape index (κ3) is 6.61. The molecule has 2 aromatic carbocycles. The number of carbonyl (C=O) groups excluding carboxylic acids is 2. The number of aryl methyl sites for hydroxylation is 2. The second-order valence-corrected chi connectivity index (χ2v) is 9.50. The Morgan fingerprint density at radius 1 is 1.09 bits per heavy atom. The first-order chi connectivity index (χ1) is 16.3. The van der Waals surface area contributed by atoms with Gasteiger partial charge in [0.05, 0.1) is 18.4 Å². The molecule has 34 heavy (non-hydrogen) atoms. The molecule has 0 aliphatic heterocycles. The molecular weight excluding hydrogens is 474 g/mol. The second-order valence-electron chi connectivity index (χ2n) is 7.31. The van der Waals surface area contributed by atoms with Crippen LogP contribution in [-0.2, 0) is 16.0 Å². The van der Waals surface area contributed by atoms with Gasteiger partial charge < -0.3 is 19.9 Å². The Hall–Kier alpha value is -3.30. The molecule has 0 atom stereocenters. The Bertz CT molecular complexity index is 1190. The fourth-order valence-electron chi connectivity index (χ4n) is 3.10. The van der Waals surface area contributed by atoms with Crippen LogP contribution in [0.1, 0.15) is 33.3 Å². The van der Waals surface area contributed by atoms with Crippen molar-refractivity contribution in [3.8, 4) is 11.5 Å². The minimum atomic E-state index is -1.04. The highest BCUT2D eigenvalue weighted by molar-refractivity contribution is 8.00. The predicted molar refractivity (Wildman–Crippen MR) is 134 cm³/mol. The third-order valence-electron chi connectivity index (χ3n) is 4.85. The number of anilines is 1. The number of ketones is 1. The highest BCUT2D eigenvalue weighted by atomic mass is 32.2. The van der Waals surface area contributed by atoms with Gasteiger partial charge in [0.2, 0.25) is 5.91 Å². The molecule has 0 aliphatic rings. The molecule has 1 amide bonds. The summed E-state index contributed by atoms with van der Waals surface area (Å²) in [6.07, 6.45) is 0.758. The maximum atomic E-state index is 13.1. The number of hydrogen-bond donors (Lipinski definition) is 2. The van der Waals surface area contributed by atoms with Gasteiger partial charge in [-0.1, -0.05) is 6.92 Å². The summed E-state index contributed by atoms with van der Waals surface area (Å²) in [5.74, 6) is -0.109. The van der Waals surface area contributed by atoms with Gasteiger partial charge >= 0.3 is 5.97 Å². The van der Waals surface area contributed by atoms with E-state index in [9.17, 15) is 14.4 Å². The van der Waals surface area contributed by atoms with Crippen LogP contribution in [0.15, 0.2) is 53.4 Å². The number of methoxy groups -OCH3 is 1. The molecule has 0 fully saturated rings. The van der Waals surface area contributed by atoms with Crippen molar-refractivity contribution in [1.82, 2.24) is 0 Å². The van der Waals surface area contributed by atoms with Crippen LogP contribution in [0.5, 0.6) is 11.5 Å². The second kappa shape index (κ2) is 11.7. The lowest BCUT2D eigenvalue weighted by Crippen LogP contribution is -2.15. The summed E-state index contributed by atoms with van der Waals surface area (Å²) in [5.41, 5.74) is 1.78. The maximum absolute atomic E-state index is 13.1. The summed E-state index contributed by atoms with van der Waals surface area (Å²) in [7, 11) is 1.57. The standard InChI is InChI=1S/C25H25NO6S2/c1-4-18-12-20(24(30)16-5-7-17(31-3)8-6-16)25(34-18)26-22(27)14-33-19-9-10-21(15(2)11-19)32-13-23(28)29/h5-12H,4,13-14H2,1-3H3,(H,26,27)(H,28,29). The summed E-state index contributed by atoms with van der Waals surface area (Å²) in [5, 5.41) is 12.2. The molecule has 0 bridgehead atoms. The molecule has 1 aromatic heterocycles. The number of carboxylic acids is 1. The van der Waals surface area contributed by atoms with Gasteiger partial charge in [-0.3, -0.25) is 9.59 Å². The van der Waals surface area contributed by atoms with Gasteiger partial charge in [0.1, 0.15) is 16.5 Å². The first-order valence-corrected chi connectivity index (χ1v) is 12.3. The van der Waals surface area contributed by atoms with E-state index in [4.69, 9.17) is 14.6 Å². The van der Waals surface area contributed by atoms with Gasteiger partial charge in [-0.15, -0.1) is 23.1 Å². The van der Waals surface area contributed by atoms with E-state index in [1.165, 1.54) is 23.1 Å². The predicted octanol–water partition coefficient (Wildman–Crippen LogP) is 5.05. The average Bonchev–Trinajstić information content (AvgIpc) is 3.24. The Morgan fingerprint density at radius 3 is 2.44 bits per heavy atom. The fraction of sp³-hybridized carbons (Fsp3) is 0.240. The Morgan fingerprint density at radius 2 is 1.82 bits per heavy atom. The van der Waals surface area contributed by atoms with Crippen molar-refractivity contribution in [3.05, 3.63) is 70.1 Å². The van der Waals surface area contributed by atoms with Crippen molar-refractivity contribution in [2.45, 2.75) is 25.2 Å². The van der Waals surface area contributed by atoms with Crippen LogP contribution < -0.4 is 14.8 Å². The number of carboxylic acid groups (broad SMARTS) is 1. The molecule has 0 aliphatic carbocycles. The van der Waals surface area contributed by atoms with Crippen molar-refractivity contribution in [2.24, 2.45) is 0 Å². The van der Waals surface area contributed by atoms with Crippen molar-refractivity contribution in [1.29, 1.82) is 0 Å². The summed E-state index contributed by atoms with van der Waals surface area (Å²) >= 11 is 2.75. The van der Waals surface area contributed by atoms with E-state index in [0.29, 0.717) is 27.6 Å². The molecule has 9 heteroatoms. The Labute approximate surface area is 206 Å². The Kier molecular flexibility index (Phi) is 8.72. The molecule has 0 saturated carbocycles. The van der Waals surface area contributed by atoms with Crippen LogP contribution >= 0.6 is 23.1 Å². The fourth-order valence-corrected chi connectivity index (χ4v) is 4.90. The summed E-state index contributed by atoms with van der Waals surface area (Å²) in [6.45, 7) is 3.41.